The molecule has 1 rings (SSSR count). The van der Waals surface area contributed by atoms with Crippen LogP contribution in [0, 0.1) is 6.92 Å². The average Bonchev–Trinajstić information content (AvgIpc) is 2.01. The van der Waals surface area contributed by atoms with Gasteiger partial charge in [0.15, 0.2) is 0 Å². The third-order valence-electron chi connectivity index (χ3n) is 1.90. The molecule has 3 heteroatoms. The molecule has 0 radical (unpaired) electrons. The minimum Gasteiger partial charge on any atom is -0.387 e. The molecule has 0 saturated heterocycles. The average molecular weight is 244 g/mol. The molecular weight excluding hydrogens is 230 g/mol. The third-order valence-corrected chi connectivity index (χ3v) is 2.36. The zero-order valence-corrected chi connectivity index (χ0v) is 9.38. The van der Waals surface area contributed by atoms with Crippen molar-refractivity contribution in [3.63, 3.8) is 0 Å². The summed E-state index contributed by atoms with van der Waals surface area (Å²) in [5.41, 5.74) is 7.58. The van der Waals surface area contributed by atoms with Gasteiger partial charge in [0.25, 0.3) is 0 Å². The van der Waals surface area contributed by atoms with Crippen LogP contribution in [0.25, 0.3) is 0 Å². The Bertz CT molecular complexity index is 279. The summed E-state index contributed by atoms with van der Waals surface area (Å²) < 4.78 is 0.974. The minimum absolute atomic E-state index is 0.242. The molecule has 1 aromatic carbocycles. The monoisotopic (exact) mass is 243 g/mol. The molecule has 1 aromatic rings. The second-order valence-electron chi connectivity index (χ2n) is 3.37. The number of hydrogen-bond donors (Lipinski definition) is 2. The molecule has 0 fully saturated rings. The SMILES string of the molecule is Cc1cc(Br)cc(C(O)C(C)N)c1. The van der Waals surface area contributed by atoms with Crippen molar-refractivity contribution in [2.24, 2.45) is 5.73 Å². The normalized spacial score (nSPS) is 15.5. The summed E-state index contributed by atoms with van der Waals surface area (Å²) in [4.78, 5) is 0. The smallest absolute Gasteiger partial charge is 0.0938 e. The van der Waals surface area contributed by atoms with E-state index in [1.54, 1.807) is 6.92 Å². The first-order chi connectivity index (χ1) is 6.00. The first-order valence-corrected chi connectivity index (χ1v) is 5.00. The van der Waals surface area contributed by atoms with Crippen molar-refractivity contribution >= 4 is 15.9 Å². The van der Waals surface area contributed by atoms with Crippen LogP contribution in [0.2, 0.25) is 0 Å². The van der Waals surface area contributed by atoms with Gasteiger partial charge in [0.2, 0.25) is 0 Å². The van der Waals surface area contributed by atoms with Gasteiger partial charge in [0.1, 0.15) is 0 Å². The Morgan fingerprint density at radius 2 is 2.00 bits per heavy atom. The highest BCUT2D eigenvalue weighted by molar-refractivity contribution is 9.10. The fraction of sp³-hybridized carbons (Fsp3) is 0.400. The molecule has 0 aliphatic heterocycles. The summed E-state index contributed by atoms with van der Waals surface area (Å²) in [7, 11) is 0. The number of hydrogen-bond acceptors (Lipinski definition) is 2. The summed E-state index contributed by atoms with van der Waals surface area (Å²) in [5.74, 6) is 0. The lowest BCUT2D eigenvalue weighted by Crippen LogP contribution is -2.24. The maximum atomic E-state index is 9.70. The number of nitrogens with two attached hydrogens (primary N) is 1. The number of aliphatic hydroxyl groups excluding tert-OH is 1. The van der Waals surface area contributed by atoms with Gasteiger partial charge in [-0.2, -0.15) is 0 Å². The van der Waals surface area contributed by atoms with Gasteiger partial charge in [-0.15, -0.1) is 0 Å². The molecule has 72 valence electrons. The first-order valence-electron chi connectivity index (χ1n) is 4.21. The summed E-state index contributed by atoms with van der Waals surface area (Å²) in [6, 6.07) is 5.59. The van der Waals surface area contributed by atoms with Crippen molar-refractivity contribution in [1.29, 1.82) is 0 Å². The summed E-state index contributed by atoms with van der Waals surface area (Å²) in [6.45, 7) is 3.78. The van der Waals surface area contributed by atoms with E-state index >= 15 is 0 Å². The van der Waals surface area contributed by atoms with Crippen molar-refractivity contribution in [3.8, 4) is 0 Å². The van der Waals surface area contributed by atoms with Gasteiger partial charge < -0.3 is 10.8 Å². The fourth-order valence-corrected chi connectivity index (χ4v) is 1.86. The van der Waals surface area contributed by atoms with Crippen LogP contribution >= 0.6 is 15.9 Å². The molecule has 0 heterocycles. The Kier molecular flexibility index (Phi) is 3.47. The van der Waals surface area contributed by atoms with Gasteiger partial charge in [0, 0.05) is 10.5 Å². The third kappa shape index (κ3) is 2.79. The van der Waals surface area contributed by atoms with Crippen LogP contribution in [-0.2, 0) is 0 Å². The van der Waals surface area contributed by atoms with Gasteiger partial charge in [0.05, 0.1) is 6.10 Å². The Balaban J connectivity index is 3.01. The van der Waals surface area contributed by atoms with Gasteiger partial charge in [-0.3, -0.25) is 0 Å². The van der Waals surface area contributed by atoms with Gasteiger partial charge in [-0.25, -0.2) is 0 Å². The molecule has 0 bridgehead atoms. The number of rotatable bonds is 2. The van der Waals surface area contributed by atoms with Crippen LogP contribution in [0.15, 0.2) is 22.7 Å². The van der Waals surface area contributed by atoms with Crippen molar-refractivity contribution < 1.29 is 5.11 Å². The number of aryl methyl sites for hydroxylation is 1. The van der Waals surface area contributed by atoms with E-state index in [-0.39, 0.29) is 6.04 Å². The van der Waals surface area contributed by atoms with E-state index in [1.165, 1.54) is 0 Å². The quantitative estimate of drug-likeness (QED) is 0.837. The predicted octanol–water partition coefficient (Wildman–Crippen LogP) is 2.14. The molecular formula is C10H14BrNO. The zero-order chi connectivity index (χ0) is 10.0. The van der Waals surface area contributed by atoms with Crippen molar-refractivity contribution in [3.05, 3.63) is 33.8 Å². The predicted molar refractivity (Wildman–Crippen MR) is 57.5 cm³/mol. The Labute approximate surface area is 86.9 Å². The highest BCUT2D eigenvalue weighted by Crippen LogP contribution is 2.21. The van der Waals surface area contributed by atoms with Crippen LogP contribution in [0.1, 0.15) is 24.2 Å². The standard InChI is InChI=1S/C10H14BrNO/c1-6-3-8(5-9(11)4-6)10(13)7(2)12/h3-5,7,10,13H,12H2,1-2H3. The van der Waals surface area contributed by atoms with Crippen molar-refractivity contribution in [1.82, 2.24) is 0 Å². The maximum absolute atomic E-state index is 9.70. The van der Waals surface area contributed by atoms with E-state index in [0.717, 1.165) is 15.6 Å². The van der Waals surface area contributed by atoms with Crippen molar-refractivity contribution in [2.45, 2.75) is 26.0 Å². The molecule has 0 spiro atoms. The Morgan fingerprint density at radius 1 is 1.38 bits per heavy atom. The molecule has 0 saturated carbocycles. The lowest BCUT2D eigenvalue weighted by Gasteiger charge is -2.15. The Morgan fingerprint density at radius 3 is 2.46 bits per heavy atom. The molecule has 3 N–H and O–H groups in total. The first kappa shape index (κ1) is 10.7. The molecule has 13 heavy (non-hydrogen) atoms. The van der Waals surface area contributed by atoms with Crippen LogP contribution < -0.4 is 5.73 Å². The highest BCUT2D eigenvalue weighted by atomic mass is 79.9. The molecule has 2 nitrogen and oxygen atoms in total. The zero-order valence-electron chi connectivity index (χ0n) is 7.79. The Hall–Kier alpha value is -0.380. The number of benzene rings is 1. The van der Waals surface area contributed by atoms with Crippen LogP contribution in [-0.4, -0.2) is 11.1 Å². The maximum Gasteiger partial charge on any atom is 0.0938 e. The van der Waals surface area contributed by atoms with E-state index in [2.05, 4.69) is 15.9 Å². The van der Waals surface area contributed by atoms with Crippen LogP contribution in [0.4, 0.5) is 0 Å². The summed E-state index contributed by atoms with van der Waals surface area (Å²) in [5, 5.41) is 9.70. The topological polar surface area (TPSA) is 46.2 Å². The van der Waals surface area contributed by atoms with Crippen molar-refractivity contribution in [2.75, 3.05) is 0 Å². The fourth-order valence-electron chi connectivity index (χ4n) is 1.24. The minimum atomic E-state index is -0.587. The van der Waals surface area contributed by atoms with Gasteiger partial charge in [-0.05, 0) is 37.1 Å². The molecule has 0 amide bonds. The number of halogens is 1. The van der Waals surface area contributed by atoms with E-state index < -0.39 is 6.10 Å². The van der Waals surface area contributed by atoms with E-state index in [9.17, 15) is 5.11 Å². The largest absolute Gasteiger partial charge is 0.387 e. The van der Waals surface area contributed by atoms with Gasteiger partial charge in [-0.1, -0.05) is 22.0 Å². The highest BCUT2D eigenvalue weighted by Gasteiger charge is 2.12. The second-order valence-corrected chi connectivity index (χ2v) is 4.28. The number of aliphatic hydroxyl groups is 1. The van der Waals surface area contributed by atoms with Gasteiger partial charge >= 0.3 is 0 Å². The molecule has 2 unspecified atom stereocenters. The molecule has 0 aromatic heterocycles. The molecule has 0 aliphatic carbocycles. The van der Waals surface area contributed by atoms with E-state index in [0.29, 0.717) is 0 Å². The summed E-state index contributed by atoms with van der Waals surface area (Å²) >= 11 is 3.38. The molecule has 0 aliphatic rings. The van der Waals surface area contributed by atoms with E-state index in [4.69, 9.17) is 5.73 Å². The van der Waals surface area contributed by atoms with Crippen LogP contribution in [0.3, 0.4) is 0 Å². The summed E-state index contributed by atoms with van der Waals surface area (Å²) in [6.07, 6.45) is -0.587. The van der Waals surface area contributed by atoms with E-state index in [1.807, 2.05) is 25.1 Å². The lowest BCUT2D eigenvalue weighted by molar-refractivity contribution is 0.153. The lowest BCUT2D eigenvalue weighted by atomic mass is 10.0. The second kappa shape index (κ2) is 4.22. The van der Waals surface area contributed by atoms with Crippen LogP contribution in [0.5, 0.6) is 0 Å². The molecule has 2 atom stereocenters.